The van der Waals surface area contributed by atoms with Gasteiger partial charge in [-0.2, -0.15) is 11.8 Å². The Kier molecular flexibility index (Phi) is 5.50. The molecule has 0 aromatic heterocycles. The average molecular weight is 272 g/mol. The molecular weight excluding hydrogens is 248 g/mol. The summed E-state index contributed by atoms with van der Waals surface area (Å²) in [5.74, 6) is 1.08. The molecule has 0 aliphatic carbocycles. The Balaban J connectivity index is 2.85. The molecule has 1 heterocycles. The topological polar surface area (TPSA) is 49.4 Å². The van der Waals surface area contributed by atoms with Crippen LogP contribution in [0.3, 0.4) is 0 Å². The number of nitrogens with zero attached hydrogens (tertiary/aromatic N) is 1. The molecule has 2 amide bonds. The monoisotopic (exact) mass is 272 g/mol. The zero-order valence-electron chi connectivity index (χ0n) is 11.8. The summed E-state index contributed by atoms with van der Waals surface area (Å²) in [7, 11) is 0. The lowest BCUT2D eigenvalue weighted by Crippen LogP contribution is -2.69. The summed E-state index contributed by atoms with van der Waals surface area (Å²) < 4.78 is 0. The van der Waals surface area contributed by atoms with E-state index in [-0.39, 0.29) is 17.9 Å². The van der Waals surface area contributed by atoms with Crippen LogP contribution in [-0.2, 0) is 9.59 Å². The Bertz CT molecular complexity index is 316. The molecular formula is C13H24N2O2S. The van der Waals surface area contributed by atoms with Crippen LogP contribution in [0.15, 0.2) is 0 Å². The first-order valence-corrected chi connectivity index (χ1v) is 8.03. The number of piperazine rings is 1. The van der Waals surface area contributed by atoms with Gasteiger partial charge in [-0.1, -0.05) is 13.8 Å². The van der Waals surface area contributed by atoms with E-state index in [1.165, 1.54) is 0 Å². The number of carbonyl (C=O) groups excluding carboxylic acids is 2. The summed E-state index contributed by atoms with van der Waals surface area (Å²) in [6.45, 7) is 6.40. The van der Waals surface area contributed by atoms with Gasteiger partial charge in [0.05, 0.1) is 0 Å². The SMILES string of the molecule is CCC1(CC)NC(=O)C(C)N(CCCSC)C1=O. The first-order valence-electron chi connectivity index (χ1n) is 6.64. The van der Waals surface area contributed by atoms with Crippen LogP contribution in [0.2, 0.25) is 0 Å². The van der Waals surface area contributed by atoms with Gasteiger partial charge in [0, 0.05) is 6.54 Å². The fraction of sp³-hybridized carbons (Fsp3) is 0.846. The van der Waals surface area contributed by atoms with E-state index in [1.807, 2.05) is 20.8 Å². The number of hydrogen-bond acceptors (Lipinski definition) is 3. The molecule has 1 N–H and O–H groups in total. The third kappa shape index (κ3) is 2.82. The first-order chi connectivity index (χ1) is 8.52. The van der Waals surface area contributed by atoms with Crippen LogP contribution in [0.4, 0.5) is 0 Å². The number of nitrogens with one attached hydrogen (secondary N) is 1. The van der Waals surface area contributed by atoms with Crippen molar-refractivity contribution in [1.29, 1.82) is 0 Å². The van der Waals surface area contributed by atoms with Crippen LogP contribution in [-0.4, -0.2) is 46.8 Å². The molecule has 4 nitrogen and oxygen atoms in total. The minimum atomic E-state index is -0.678. The molecule has 1 rings (SSSR count). The Hall–Kier alpha value is -0.710. The maximum atomic E-state index is 12.6. The molecule has 0 bridgehead atoms. The van der Waals surface area contributed by atoms with Crippen molar-refractivity contribution >= 4 is 23.6 Å². The maximum Gasteiger partial charge on any atom is 0.248 e. The van der Waals surface area contributed by atoms with Gasteiger partial charge in [0.1, 0.15) is 11.6 Å². The largest absolute Gasteiger partial charge is 0.340 e. The summed E-state index contributed by atoms with van der Waals surface area (Å²) >= 11 is 1.77. The van der Waals surface area contributed by atoms with Gasteiger partial charge in [-0.25, -0.2) is 0 Å². The summed E-state index contributed by atoms with van der Waals surface area (Å²) in [5, 5.41) is 2.91. The maximum absolute atomic E-state index is 12.6. The summed E-state index contributed by atoms with van der Waals surface area (Å²) in [5.41, 5.74) is -0.678. The molecule has 5 heteroatoms. The van der Waals surface area contributed by atoms with Gasteiger partial charge in [-0.3, -0.25) is 9.59 Å². The number of hydrogen-bond donors (Lipinski definition) is 1. The second kappa shape index (κ2) is 6.45. The smallest absolute Gasteiger partial charge is 0.248 e. The van der Waals surface area contributed by atoms with Gasteiger partial charge < -0.3 is 10.2 Å². The quantitative estimate of drug-likeness (QED) is 0.748. The highest BCUT2D eigenvalue weighted by Gasteiger charge is 2.46. The Labute approximate surface area is 114 Å². The molecule has 1 aliphatic rings. The molecule has 18 heavy (non-hydrogen) atoms. The van der Waals surface area contributed by atoms with Gasteiger partial charge >= 0.3 is 0 Å². The summed E-state index contributed by atoms with van der Waals surface area (Å²) in [4.78, 5) is 26.3. The van der Waals surface area contributed by atoms with E-state index in [4.69, 9.17) is 0 Å². The minimum Gasteiger partial charge on any atom is -0.340 e. The Morgan fingerprint density at radius 1 is 1.33 bits per heavy atom. The van der Waals surface area contributed by atoms with E-state index in [0.717, 1.165) is 12.2 Å². The molecule has 0 aromatic rings. The second-order valence-corrected chi connectivity index (χ2v) is 5.78. The number of amides is 2. The van der Waals surface area contributed by atoms with Crippen molar-refractivity contribution in [2.24, 2.45) is 0 Å². The molecule has 1 unspecified atom stereocenters. The van der Waals surface area contributed by atoms with Crippen molar-refractivity contribution < 1.29 is 9.59 Å². The first kappa shape index (κ1) is 15.3. The Morgan fingerprint density at radius 3 is 2.44 bits per heavy atom. The van der Waals surface area contributed by atoms with Crippen LogP contribution in [0.5, 0.6) is 0 Å². The molecule has 0 radical (unpaired) electrons. The van der Waals surface area contributed by atoms with E-state index < -0.39 is 5.54 Å². The predicted molar refractivity (Wildman–Crippen MR) is 75.6 cm³/mol. The van der Waals surface area contributed by atoms with E-state index in [0.29, 0.717) is 19.4 Å². The van der Waals surface area contributed by atoms with Gasteiger partial charge in [-0.15, -0.1) is 0 Å². The van der Waals surface area contributed by atoms with Gasteiger partial charge in [0.2, 0.25) is 11.8 Å². The molecule has 1 atom stereocenters. The van der Waals surface area contributed by atoms with E-state index in [1.54, 1.807) is 16.7 Å². The van der Waals surface area contributed by atoms with E-state index in [9.17, 15) is 9.59 Å². The molecule has 0 spiro atoms. The highest BCUT2D eigenvalue weighted by molar-refractivity contribution is 7.98. The summed E-state index contributed by atoms with van der Waals surface area (Å²) in [6.07, 6.45) is 4.30. The van der Waals surface area contributed by atoms with Crippen molar-refractivity contribution in [3.63, 3.8) is 0 Å². The van der Waals surface area contributed by atoms with Crippen LogP contribution in [0, 0.1) is 0 Å². The van der Waals surface area contributed by atoms with Crippen LogP contribution < -0.4 is 5.32 Å². The lowest BCUT2D eigenvalue weighted by atomic mass is 9.87. The van der Waals surface area contributed by atoms with Crippen LogP contribution >= 0.6 is 11.8 Å². The van der Waals surface area contributed by atoms with Gasteiger partial charge in [-0.05, 0) is 38.2 Å². The highest BCUT2D eigenvalue weighted by atomic mass is 32.2. The summed E-state index contributed by atoms with van der Waals surface area (Å²) in [6, 6.07) is -0.342. The van der Waals surface area contributed by atoms with Crippen LogP contribution in [0.25, 0.3) is 0 Å². The van der Waals surface area contributed by atoms with Gasteiger partial charge in [0.15, 0.2) is 0 Å². The van der Waals surface area contributed by atoms with E-state index in [2.05, 4.69) is 11.6 Å². The normalized spacial score (nSPS) is 23.1. The van der Waals surface area contributed by atoms with Crippen molar-refractivity contribution in [2.75, 3.05) is 18.6 Å². The van der Waals surface area contributed by atoms with Crippen molar-refractivity contribution in [2.45, 2.75) is 51.6 Å². The predicted octanol–water partition coefficient (Wildman–Crippen LogP) is 1.65. The van der Waals surface area contributed by atoms with E-state index >= 15 is 0 Å². The average Bonchev–Trinajstić information content (AvgIpc) is 2.38. The fourth-order valence-electron chi connectivity index (χ4n) is 2.39. The van der Waals surface area contributed by atoms with Crippen molar-refractivity contribution in [3.05, 3.63) is 0 Å². The standard InChI is InChI=1S/C13H24N2O2S/c1-5-13(6-2)12(17)15(8-7-9-18-4)10(3)11(16)14-13/h10H,5-9H2,1-4H3,(H,14,16). The molecule has 104 valence electrons. The number of carbonyl (C=O) groups is 2. The molecule has 0 aromatic carbocycles. The molecule has 0 saturated carbocycles. The fourth-order valence-corrected chi connectivity index (χ4v) is 2.81. The lowest BCUT2D eigenvalue weighted by Gasteiger charge is -2.44. The third-order valence-corrected chi connectivity index (χ3v) is 4.53. The highest BCUT2D eigenvalue weighted by Crippen LogP contribution is 2.25. The van der Waals surface area contributed by atoms with Crippen molar-refractivity contribution in [3.8, 4) is 0 Å². The zero-order valence-corrected chi connectivity index (χ0v) is 12.6. The third-order valence-electron chi connectivity index (χ3n) is 3.83. The van der Waals surface area contributed by atoms with Gasteiger partial charge in [0.25, 0.3) is 0 Å². The number of thioether (sulfide) groups is 1. The number of rotatable bonds is 6. The second-order valence-electron chi connectivity index (χ2n) is 4.80. The molecule has 1 saturated heterocycles. The molecule has 1 fully saturated rings. The lowest BCUT2D eigenvalue weighted by molar-refractivity contribution is -0.154. The van der Waals surface area contributed by atoms with Crippen molar-refractivity contribution in [1.82, 2.24) is 10.2 Å². The minimum absolute atomic E-state index is 0.0255. The molecule has 1 aliphatic heterocycles. The Morgan fingerprint density at radius 2 is 1.94 bits per heavy atom. The zero-order chi connectivity index (χ0) is 13.8. The van der Waals surface area contributed by atoms with Crippen LogP contribution in [0.1, 0.15) is 40.0 Å².